The van der Waals surface area contributed by atoms with Crippen LogP contribution in [0.1, 0.15) is 52.1 Å². The molecule has 0 aliphatic carbocycles. The number of amides is 2. The molecule has 2 N–H and O–H groups in total. The molecule has 38 heavy (non-hydrogen) atoms. The van der Waals surface area contributed by atoms with Crippen molar-refractivity contribution >= 4 is 29.2 Å². The van der Waals surface area contributed by atoms with E-state index in [1.807, 2.05) is 11.8 Å². The molecule has 3 aliphatic rings. The molecule has 0 unspecified atom stereocenters. The molecule has 3 aromatic rings. The Bertz CT molecular complexity index is 1470. The van der Waals surface area contributed by atoms with Gasteiger partial charge >= 0.3 is 0 Å². The minimum Gasteiger partial charge on any atom is -0.358 e. The summed E-state index contributed by atoms with van der Waals surface area (Å²) in [6.45, 7) is 6.33. The number of nitrogens with one attached hydrogen (secondary N) is 2. The van der Waals surface area contributed by atoms with Crippen LogP contribution in [0.2, 0.25) is 0 Å². The number of nitrogens with zero attached hydrogens (tertiary/aromatic N) is 2. The number of rotatable bonds is 5. The van der Waals surface area contributed by atoms with Crippen molar-refractivity contribution in [3.05, 3.63) is 76.1 Å². The van der Waals surface area contributed by atoms with Gasteiger partial charge in [0, 0.05) is 54.3 Å². The van der Waals surface area contributed by atoms with Gasteiger partial charge in [0.05, 0.1) is 11.1 Å². The van der Waals surface area contributed by atoms with E-state index in [1.54, 1.807) is 24.3 Å². The number of fused-ring (bicyclic) bond motifs is 2. The molecule has 8 heteroatoms. The first kappa shape index (κ1) is 24.6. The maximum absolute atomic E-state index is 14.7. The summed E-state index contributed by atoms with van der Waals surface area (Å²) in [6, 6.07) is 9.16. The SMILES string of the molecule is Cc1c(C=C2C(=O)Nc3cccc(-c4cccc(F)c4F)c32)[nH]c2c1C(=O)N(CCN1CCCCC1)CC2. The predicted molar refractivity (Wildman–Crippen MR) is 144 cm³/mol. The highest BCUT2D eigenvalue weighted by Gasteiger charge is 2.32. The minimum atomic E-state index is -0.957. The topological polar surface area (TPSA) is 68.4 Å². The normalized spacial score (nSPS) is 18.6. The Hall–Kier alpha value is -3.78. The summed E-state index contributed by atoms with van der Waals surface area (Å²) in [5, 5.41) is 2.84. The van der Waals surface area contributed by atoms with Gasteiger partial charge in [-0.15, -0.1) is 0 Å². The van der Waals surface area contributed by atoms with Gasteiger partial charge in [0.25, 0.3) is 11.8 Å². The summed E-state index contributed by atoms with van der Waals surface area (Å²) in [5.41, 5.74) is 4.92. The van der Waals surface area contributed by atoms with Crippen molar-refractivity contribution in [2.75, 3.05) is 38.0 Å². The third-order valence-electron chi connectivity index (χ3n) is 7.99. The highest BCUT2D eigenvalue weighted by Crippen LogP contribution is 2.42. The molecule has 1 saturated heterocycles. The fourth-order valence-corrected chi connectivity index (χ4v) is 5.93. The molecule has 6 nitrogen and oxygen atoms in total. The first-order chi connectivity index (χ1) is 18.4. The van der Waals surface area contributed by atoms with Crippen LogP contribution in [-0.2, 0) is 11.2 Å². The molecule has 0 atom stereocenters. The Morgan fingerprint density at radius 1 is 0.921 bits per heavy atom. The van der Waals surface area contributed by atoms with E-state index in [2.05, 4.69) is 15.2 Å². The summed E-state index contributed by atoms with van der Waals surface area (Å²) in [7, 11) is 0. The van der Waals surface area contributed by atoms with E-state index in [0.717, 1.165) is 37.0 Å². The van der Waals surface area contributed by atoms with Crippen LogP contribution in [0.25, 0.3) is 22.8 Å². The number of carbonyl (C=O) groups excluding carboxylic acids is 2. The van der Waals surface area contributed by atoms with Crippen molar-refractivity contribution < 1.29 is 18.4 Å². The van der Waals surface area contributed by atoms with E-state index in [1.165, 1.54) is 31.4 Å². The second-order valence-electron chi connectivity index (χ2n) is 10.3. The molecule has 0 spiro atoms. The second-order valence-corrected chi connectivity index (χ2v) is 10.3. The number of anilines is 1. The molecule has 0 bridgehead atoms. The number of benzene rings is 2. The number of piperidine rings is 1. The zero-order chi connectivity index (χ0) is 26.4. The average molecular weight is 517 g/mol. The van der Waals surface area contributed by atoms with Gasteiger partial charge < -0.3 is 20.1 Å². The van der Waals surface area contributed by atoms with Crippen LogP contribution >= 0.6 is 0 Å². The van der Waals surface area contributed by atoms with Crippen molar-refractivity contribution in [3.63, 3.8) is 0 Å². The van der Waals surface area contributed by atoms with Crippen molar-refractivity contribution in [2.45, 2.75) is 32.6 Å². The van der Waals surface area contributed by atoms with Crippen LogP contribution in [-0.4, -0.2) is 59.3 Å². The van der Waals surface area contributed by atoms with E-state index in [9.17, 15) is 18.4 Å². The van der Waals surface area contributed by atoms with Gasteiger partial charge in [-0.25, -0.2) is 8.78 Å². The van der Waals surface area contributed by atoms with Gasteiger partial charge in [-0.3, -0.25) is 9.59 Å². The van der Waals surface area contributed by atoms with Gasteiger partial charge in [-0.05, 0) is 62.2 Å². The van der Waals surface area contributed by atoms with Crippen LogP contribution in [0.5, 0.6) is 0 Å². The van der Waals surface area contributed by atoms with Crippen LogP contribution in [0.4, 0.5) is 14.5 Å². The molecule has 6 rings (SSSR count). The summed E-state index contributed by atoms with van der Waals surface area (Å²) in [4.78, 5) is 34.2. The molecular weight excluding hydrogens is 486 g/mol. The highest BCUT2D eigenvalue weighted by molar-refractivity contribution is 6.36. The van der Waals surface area contributed by atoms with E-state index < -0.39 is 11.6 Å². The van der Waals surface area contributed by atoms with Gasteiger partial charge in [0.2, 0.25) is 0 Å². The number of H-pyrrole nitrogens is 1. The van der Waals surface area contributed by atoms with Gasteiger partial charge in [0.1, 0.15) is 0 Å². The molecule has 4 heterocycles. The Morgan fingerprint density at radius 3 is 2.50 bits per heavy atom. The molecule has 2 amide bonds. The standard InChI is InChI=1S/C30H30F2N4O2/c1-18-25(33-24-11-14-36(30(38)26(18)24)16-15-35-12-3-2-4-13-35)17-21-27-19(7-6-10-23(27)34-29(21)37)20-8-5-9-22(31)28(20)32/h5-10,17,33H,2-4,11-16H2,1H3,(H,34,37). The molecular formula is C30H30F2N4O2. The lowest BCUT2D eigenvalue weighted by molar-refractivity contribution is -0.110. The lowest BCUT2D eigenvalue weighted by Crippen LogP contribution is -2.43. The monoisotopic (exact) mass is 516 g/mol. The Kier molecular flexibility index (Phi) is 6.35. The lowest BCUT2D eigenvalue weighted by atomic mass is 9.93. The van der Waals surface area contributed by atoms with Crippen molar-refractivity contribution in [2.24, 2.45) is 0 Å². The van der Waals surface area contributed by atoms with Crippen molar-refractivity contribution in [1.82, 2.24) is 14.8 Å². The zero-order valence-corrected chi connectivity index (χ0v) is 21.4. The number of aromatic amines is 1. The molecule has 0 saturated carbocycles. The maximum Gasteiger partial charge on any atom is 0.256 e. The molecule has 2 aromatic carbocycles. The van der Waals surface area contributed by atoms with Crippen LogP contribution in [0.3, 0.4) is 0 Å². The second kappa shape index (κ2) is 9.83. The fraction of sp³-hybridized carbons (Fsp3) is 0.333. The summed E-state index contributed by atoms with van der Waals surface area (Å²) >= 11 is 0. The average Bonchev–Trinajstić information content (AvgIpc) is 3.42. The predicted octanol–water partition coefficient (Wildman–Crippen LogP) is 5.25. The summed E-state index contributed by atoms with van der Waals surface area (Å²) in [6.07, 6.45) is 6.16. The Balaban J connectivity index is 1.33. The number of likely N-dealkylation sites (tertiary alicyclic amines) is 1. The van der Waals surface area contributed by atoms with Crippen LogP contribution < -0.4 is 5.32 Å². The molecule has 196 valence electrons. The van der Waals surface area contributed by atoms with Crippen LogP contribution in [0.15, 0.2) is 36.4 Å². The Labute approximate surface area is 220 Å². The Morgan fingerprint density at radius 2 is 1.68 bits per heavy atom. The lowest BCUT2D eigenvalue weighted by Gasteiger charge is -2.32. The largest absolute Gasteiger partial charge is 0.358 e. The number of aromatic nitrogens is 1. The van der Waals surface area contributed by atoms with Gasteiger partial charge in [-0.2, -0.15) is 0 Å². The van der Waals surface area contributed by atoms with E-state index in [0.29, 0.717) is 53.2 Å². The molecule has 1 fully saturated rings. The number of carbonyl (C=O) groups is 2. The van der Waals surface area contributed by atoms with Crippen LogP contribution in [0, 0.1) is 18.6 Å². The molecule has 3 aliphatic heterocycles. The van der Waals surface area contributed by atoms with Crippen molar-refractivity contribution in [3.8, 4) is 11.1 Å². The number of hydrogen-bond acceptors (Lipinski definition) is 3. The zero-order valence-electron chi connectivity index (χ0n) is 21.4. The summed E-state index contributed by atoms with van der Waals surface area (Å²) in [5.74, 6) is -2.22. The fourth-order valence-electron chi connectivity index (χ4n) is 5.93. The minimum absolute atomic E-state index is 0.0143. The number of halogens is 2. The first-order valence-corrected chi connectivity index (χ1v) is 13.3. The van der Waals surface area contributed by atoms with E-state index >= 15 is 0 Å². The van der Waals surface area contributed by atoms with Gasteiger partial charge in [0.15, 0.2) is 11.6 Å². The smallest absolute Gasteiger partial charge is 0.256 e. The molecule has 0 radical (unpaired) electrons. The third kappa shape index (κ3) is 4.22. The third-order valence-corrected chi connectivity index (χ3v) is 7.99. The highest BCUT2D eigenvalue weighted by atomic mass is 19.2. The number of hydrogen-bond donors (Lipinski definition) is 2. The molecule has 1 aromatic heterocycles. The van der Waals surface area contributed by atoms with E-state index in [4.69, 9.17) is 0 Å². The maximum atomic E-state index is 14.7. The van der Waals surface area contributed by atoms with Crippen molar-refractivity contribution in [1.29, 1.82) is 0 Å². The summed E-state index contributed by atoms with van der Waals surface area (Å²) < 4.78 is 28.8. The quantitative estimate of drug-likeness (QED) is 0.456. The first-order valence-electron chi connectivity index (χ1n) is 13.3. The van der Waals surface area contributed by atoms with Gasteiger partial charge in [-0.1, -0.05) is 30.7 Å². The van der Waals surface area contributed by atoms with E-state index in [-0.39, 0.29) is 17.4 Å².